The van der Waals surface area contributed by atoms with Crippen molar-refractivity contribution < 1.29 is 9.53 Å². The Balaban J connectivity index is 1.84. The van der Waals surface area contributed by atoms with Gasteiger partial charge >= 0.3 is 6.03 Å². The minimum Gasteiger partial charge on any atom is -0.495 e. The molecule has 0 spiro atoms. The van der Waals surface area contributed by atoms with Crippen molar-refractivity contribution in [2.75, 3.05) is 19.0 Å². The number of ether oxygens (including phenoxy) is 1. The van der Waals surface area contributed by atoms with E-state index in [1.807, 2.05) is 76.2 Å². The molecule has 1 heterocycles. The molecule has 3 aromatic carbocycles. The summed E-state index contributed by atoms with van der Waals surface area (Å²) < 4.78 is 7.02. The van der Waals surface area contributed by atoms with Gasteiger partial charge in [0.25, 0.3) is 5.56 Å². The maximum atomic E-state index is 13.7. The number of amides is 2. The van der Waals surface area contributed by atoms with Crippen LogP contribution in [-0.4, -0.2) is 34.1 Å². The first-order chi connectivity index (χ1) is 16.8. The molecule has 0 aliphatic carbocycles. The second-order valence-corrected chi connectivity index (χ2v) is 8.51. The summed E-state index contributed by atoms with van der Waals surface area (Å²) >= 11 is 0. The Morgan fingerprint density at radius 2 is 1.80 bits per heavy atom. The van der Waals surface area contributed by atoms with Gasteiger partial charge in [0, 0.05) is 6.54 Å². The number of nitrogens with one attached hydrogen (secondary N) is 1. The molecule has 0 radical (unpaired) electrons. The first kappa shape index (κ1) is 24.0. The average Bonchev–Trinajstić information content (AvgIpc) is 2.85. The van der Waals surface area contributed by atoms with Gasteiger partial charge in [-0.1, -0.05) is 42.0 Å². The molecular formula is C28H30N4O3. The fraction of sp³-hybridized carbons (Fsp3) is 0.250. The van der Waals surface area contributed by atoms with Crippen molar-refractivity contribution in [3.63, 3.8) is 0 Å². The number of carbonyl (C=O) groups is 1. The maximum Gasteiger partial charge on any atom is 0.322 e. The van der Waals surface area contributed by atoms with Gasteiger partial charge in [0.05, 0.1) is 35.4 Å². The second kappa shape index (κ2) is 10.0. The highest BCUT2D eigenvalue weighted by Gasteiger charge is 2.27. The molecule has 4 rings (SSSR count). The highest BCUT2D eigenvalue weighted by atomic mass is 16.5. The SMILES string of the molecule is CCN(C(=O)Nc1ccccc1OC)C(C)c1nc2ccccc2c(=O)n1-c1ccc(C)cc1C. The van der Waals surface area contributed by atoms with Crippen LogP contribution in [0.2, 0.25) is 0 Å². The number of aromatic nitrogens is 2. The summed E-state index contributed by atoms with van der Waals surface area (Å²) in [5, 5.41) is 3.47. The third-order valence-corrected chi connectivity index (χ3v) is 6.19. The smallest absolute Gasteiger partial charge is 0.322 e. The molecule has 7 heteroatoms. The molecule has 1 N–H and O–H groups in total. The predicted octanol–water partition coefficient (Wildman–Crippen LogP) is 5.63. The van der Waals surface area contributed by atoms with Crippen LogP contribution in [0.5, 0.6) is 5.75 Å². The summed E-state index contributed by atoms with van der Waals surface area (Å²) in [6, 6.07) is 19.7. The number of nitrogens with zero attached hydrogens (tertiary/aromatic N) is 3. The van der Waals surface area contributed by atoms with Crippen LogP contribution >= 0.6 is 0 Å². The monoisotopic (exact) mass is 470 g/mol. The fourth-order valence-electron chi connectivity index (χ4n) is 4.39. The number of hydrogen-bond donors (Lipinski definition) is 1. The van der Waals surface area contributed by atoms with Crippen molar-refractivity contribution in [2.45, 2.75) is 33.7 Å². The molecule has 0 aliphatic heterocycles. The number of benzene rings is 3. The normalized spacial score (nSPS) is 11.8. The number of anilines is 1. The van der Waals surface area contributed by atoms with Gasteiger partial charge in [-0.2, -0.15) is 0 Å². The molecule has 180 valence electrons. The van der Waals surface area contributed by atoms with Crippen molar-refractivity contribution in [2.24, 2.45) is 0 Å². The Morgan fingerprint density at radius 3 is 2.51 bits per heavy atom. The summed E-state index contributed by atoms with van der Waals surface area (Å²) in [5.74, 6) is 1.07. The van der Waals surface area contributed by atoms with Gasteiger partial charge in [0.1, 0.15) is 11.6 Å². The van der Waals surface area contributed by atoms with E-state index in [0.29, 0.717) is 34.7 Å². The zero-order chi connectivity index (χ0) is 25.1. The summed E-state index contributed by atoms with van der Waals surface area (Å²) in [7, 11) is 1.56. The van der Waals surface area contributed by atoms with E-state index in [9.17, 15) is 9.59 Å². The highest BCUT2D eigenvalue weighted by molar-refractivity contribution is 5.91. The van der Waals surface area contributed by atoms with Gasteiger partial charge in [0.2, 0.25) is 0 Å². The highest BCUT2D eigenvalue weighted by Crippen LogP contribution is 2.27. The van der Waals surface area contributed by atoms with Crippen LogP contribution in [0.3, 0.4) is 0 Å². The van der Waals surface area contributed by atoms with Gasteiger partial charge < -0.3 is 15.0 Å². The van der Waals surface area contributed by atoms with Crippen LogP contribution in [0.1, 0.15) is 36.8 Å². The van der Waals surface area contributed by atoms with Crippen molar-refractivity contribution in [1.82, 2.24) is 14.5 Å². The zero-order valence-corrected chi connectivity index (χ0v) is 20.7. The predicted molar refractivity (Wildman–Crippen MR) is 140 cm³/mol. The average molecular weight is 471 g/mol. The Kier molecular flexibility index (Phi) is 6.87. The Bertz CT molecular complexity index is 1440. The quantitative estimate of drug-likeness (QED) is 0.396. The Labute approximate surface area is 205 Å². The van der Waals surface area contributed by atoms with Crippen LogP contribution in [-0.2, 0) is 0 Å². The molecule has 7 nitrogen and oxygen atoms in total. The molecule has 0 saturated carbocycles. The van der Waals surface area contributed by atoms with Gasteiger partial charge in [0.15, 0.2) is 0 Å². The first-order valence-corrected chi connectivity index (χ1v) is 11.7. The molecule has 1 atom stereocenters. The summed E-state index contributed by atoms with van der Waals surface area (Å²) in [6.07, 6.45) is 0. The molecule has 4 aromatic rings. The van der Waals surface area contributed by atoms with E-state index in [0.717, 1.165) is 16.8 Å². The number of methoxy groups -OCH3 is 1. The summed E-state index contributed by atoms with van der Waals surface area (Å²) in [4.78, 5) is 33.7. The topological polar surface area (TPSA) is 76.5 Å². The van der Waals surface area contributed by atoms with Gasteiger partial charge in [-0.3, -0.25) is 9.36 Å². The third kappa shape index (κ3) is 4.62. The first-order valence-electron chi connectivity index (χ1n) is 11.7. The molecule has 1 unspecified atom stereocenters. The lowest BCUT2D eigenvalue weighted by molar-refractivity contribution is 0.193. The number of carbonyl (C=O) groups excluding carboxylic acids is 1. The molecule has 2 amide bonds. The van der Waals surface area contributed by atoms with Crippen LogP contribution in [0.4, 0.5) is 10.5 Å². The van der Waals surface area contributed by atoms with Crippen molar-refractivity contribution in [1.29, 1.82) is 0 Å². The molecular weight excluding hydrogens is 440 g/mol. The van der Waals surface area contributed by atoms with Crippen LogP contribution in [0.25, 0.3) is 16.6 Å². The number of para-hydroxylation sites is 3. The second-order valence-electron chi connectivity index (χ2n) is 8.51. The summed E-state index contributed by atoms with van der Waals surface area (Å²) in [5.41, 5.74) is 3.83. The molecule has 1 aromatic heterocycles. The summed E-state index contributed by atoms with van der Waals surface area (Å²) in [6.45, 7) is 8.20. The number of urea groups is 1. The standard InChI is InChI=1S/C28H30N4O3/c1-6-31(28(34)30-23-13-9-10-14-25(23)35-5)20(4)26-29-22-12-8-7-11-21(22)27(33)32(26)24-16-15-18(2)17-19(24)3/h7-17,20H,6H2,1-5H3,(H,30,34). The number of fused-ring (bicyclic) bond motifs is 1. The van der Waals surface area contributed by atoms with E-state index < -0.39 is 6.04 Å². The van der Waals surface area contributed by atoms with Crippen LogP contribution in [0, 0.1) is 13.8 Å². The lowest BCUT2D eigenvalue weighted by Gasteiger charge is -2.30. The van der Waals surface area contributed by atoms with Gasteiger partial charge in [-0.15, -0.1) is 0 Å². The minimum atomic E-state index is -0.493. The minimum absolute atomic E-state index is 0.161. The largest absolute Gasteiger partial charge is 0.495 e. The van der Waals surface area contributed by atoms with E-state index >= 15 is 0 Å². The van der Waals surface area contributed by atoms with Gasteiger partial charge in [-0.05, 0) is 63.6 Å². The maximum absolute atomic E-state index is 13.7. The molecule has 0 bridgehead atoms. The van der Waals surface area contributed by atoms with Gasteiger partial charge in [-0.25, -0.2) is 9.78 Å². The lowest BCUT2D eigenvalue weighted by atomic mass is 10.1. The molecule has 35 heavy (non-hydrogen) atoms. The lowest BCUT2D eigenvalue weighted by Crippen LogP contribution is -2.39. The molecule has 0 fully saturated rings. The Morgan fingerprint density at radius 1 is 1.09 bits per heavy atom. The third-order valence-electron chi connectivity index (χ3n) is 6.19. The van der Waals surface area contributed by atoms with Crippen molar-refractivity contribution in [3.8, 4) is 11.4 Å². The number of rotatable bonds is 6. The number of hydrogen-bond acceptors (Lipinski definition) is 4. The number of aryl methyl sites for hydroxylation is 2. The van der Waals surface area contributed by atoms with Crippen LogP contribution < -0.4 is 15.6 Å². The van der Waals surface area contributed by atoms with Crippen molar-refractivity contribution in [3.05, 3.63) is 94.0 Å². The fourth-order valence-corrected chi connectivity index (χ4v) is 4.39. The Hall–Kier alpha value is -4.13. The zero-order valence-electron chi connectivity index (χ0n) is 20.7. The van der Waals surface area contributed by atoms with E-state index in [4.69, 9.17) is 9.72 Å². The van der Waals surface area contributed by atoms with E-state index in [2.05, 4.69) is 5.32 Å². The molecule has 0 saturated heterocycles. The van der Waals surface area contributed by atoms with Crippen LogP contribution in [0.15, 0.2) is 71.5 Å². The van der Waals surface area contributed by atoms with E-state index in [-0.39, 0.29) is 11.6 Å². The van der Waals surface area contributed by atoms with E-state index in [1.165, 1.54) is 0 Å². The van der Waals surface area contributed by atoms with E-state index in [1.54, 1.807) is 34.8 Å². The molecule has 0 aliphatic rings. The van der Waals surface area contributed by atoms with Crippen molar-refractivity contribution >= 4 is 22.6 Å².